The van der Waals surface area contributed by atoms with Crippen LogP contribution in [0.3, 0.4) is 0 Å². The van der Waals surface area contributed by atoms with Gasteiger partial charge in [0.25, 0.3) is 0 Å². The molecule has 0 spiro atoms. The molecule has 1 aromatic heterocycles. The van der Waals surface area contributed by atoms with Gasteiger partial charge in [-0.2, -0.15) is 17.6 Å². The molecule has 0 radical (unpaired) electrons. The van der Waals surface area contributed by atoms with E-state index in [4.69, 9.17) is 11.5 Å². The number of allylic oxidation sites excluding steroid dienone is 2. The highest BCUT2D eigenvalue weighted by atomic mass is 19.4. The van der Waals surface area contributed by atoms with Gasteiger partial charge in [-0.05, 0) is 56.5 Å². The molecule has 7 nitrogen and oxygen atoms in total. The van der Waals surface area contributed by atoms with Crippen LogP contribution in [-0.4, -0.2) is 23.3 Å². The summed E-state index contributed by atoms with van der Waals surface area (Å²) in [5.74, 6) is -3.08. The lowest BCUT2D eigenvalue weighted by Crippen LogP contribution is -2.41. The lowest BCUT2D eigenvalue weighted by atomic mass is 9.98. The molecule has 2 aromatic rings. The summed E-state index contributed by atoms with van der Waals surface area (Å²) < 4.78 is 53.1. The van der Waals surface area contributed by atoms with Gasteiger partial charge >= 0.3 is 6.18 Å². The average Bonchev–Trinajstić information content (AvgIpc) is 2.80. The van der Waals surface area contributed by atoms with Gasteiger partial charge in [0.15, 0.2) is 0 Å². The van der Waals surface area contributed by atoms with Crippen molar-refractivity contribution in [2.75, 3.05) is 16.8 Å². The van der Waals surface area contributed by atoms with Gasteiger partial charge in [0, 0.05) is 22.7 Å². The quantitative estimate of drug-likeness (QED) is 0.476. The van der Waals surface area contributed by atoms with E-state index < -0.39 is 42.0 Å². The molecule has 2 amide bonds. The van der Waals surface area contributed by atoms with Crippen LogP contribution in [0.2, 0.25) is 0 Å². The van der Waals surface area contributed by atoms with Crippen LogP contribution in [0.4, 0.5) is 28.9 Å². The number of aromatic nitrogens is 1. The Morgan fingerprint density at radius 1 is 1.27 bits per heavy atom. The van der Waals surface area contributed by atoms with Crippen LogP contribution >= 0.6 is 0 Å². The van der Waals surface area contributed by atoms with E-state index in [0.717, 1.165) is 35.4 Å². The van der Waals surface area contributed by atoms with E-state index in [1.807, 2.05) is 0 Å². The number of alkyl halides is 3. The second kappa shape index (κ2) is 8.93. The topological polar surface area (TPSA) is 114 Å². The van der Waals surface area contributed by atoms with Crippen LogP contribution in [0.5, 0.6) is 0 Å². The third-order valence-electron chi connectivity index (χ3n) is 5.12. The van der Waals surface area contributed by atoms with Crippen LogP contribution in [0.25, 0.3) is 5.57 Å². The Balaban J connectivity index is 1.97. The second-order valence-electron chi connectivity index (χ2n) is 7.45. The molecule has 33 heavy (non-hydrogen) atoms. The van der Waals surface area contributed by atoms with Crippen LogP contribution in [0.15, 0.2) is 48.3 Å². The number of rotatable bonds is 4. The van der Waals surface area contributed by atoms with Crippen molar-refractivity contribution < 1.29 is 27.2 Å². The number of pyridine rings is 1. The Kier molecular flexibility index (Phi) is 6.43. The summed E-state index contributed by atoms with van der Waals surface area (Å²) in [6, 6.07) is 5.28. The standard InChI is InChI=1S/C22H21F4N5O2/c1-11-9-16-18(20(23)29-11)15(7-8-27)19(28)12(2)21(33)31(16)10-17(32)30-14-5-3-13(4-6-14)22(24,25)26/h3-9,12H,10,27-28H2,1-2H3,(H,30,32)/b8-7-. The Morgan fingerprint density at radius 2 is 1.91 bits per heavy atom. The first kappa shape index (κ1) is 23.8. The van der Waals surface area contributed by atoms with Crippen LogP contribution < -0.4 is 21.7 Å². The molecule has 1 atom stereocenters. The molecule has 0 saturated carbocycles. The molecule has 0 bridgehead atoms. The minimum Gasteiger partial charge on any atom is -0.405 e. The molecular weight excluding hydrogens is 442 g/mol. The van der Waals surface area contributed by atoms with E-state index >= 15 is 0 Å². The van der Waals surface area contributed by atoms with Crippen molar-refractivity contribution in [2.24, 2.45) is 17.4 Å². The molecule has 1 unspecified atom stereocenters. The van der Waals surface area contributed by atoms with Crippen molar-refractivity contribution >= 4 is 28.8 Å². The molecule has 174 valence electrons. The van der Waals surface area contributed by atoms with E-state index in [9.17, 15) is 27.2 Å². The monoisotopic (exact) mass is 463 g/mol. The molecule has 1 aliphatic rings. The SMILES string of the molecule is Cc1cc2c(c(F)n1)C(/C=C\N)=C(N)C(C)C(=O)N2CC(=O)Nc1ccc(C(F)(F)F)cc1. The van der Waals surface area contributed by atoms with Crippen molar-refractivity contribution in [3.05, 3.63) is 71.1 Å². The maximum Gasteiger partial charge on any atom is 0.416 e. The summed E-state index contributed by atoms with van der Waals surface area (Å²) in [6.45, 7) is 2.49. The number of nitrogens with two attached hydrogens (primary N) is 2. The van der Waals surface area contributed by atoms with Crippen LogP contribution in [0.1, 0.15) is 23.7 Å². The van der Waals surface area contributed by atoms with Crippen molar-refractivity contribution in [2.45, 2.75) is 20.0 Å². The number of carbonyl (C=O) groups excluding carboxylic acids is 2. The number of halogens is 4. The Hall–Kier alpha value is -3.89. The lowest BCUT2D eigenvalue weighted by Gasteiger charge is -2.25. The zero-order chi connectivity index (χ0) is 24.5. The number of carbonyl (C=O) groups is 2. The summed E-state index contributed by atoms with van der Waals surface area (Å²) in [5, 5.41) is 2.44. The minimum absolute atomic E-state index is 0.0538. The molecule has 0 fully saturated rings. The van der Waals surface area contributed by atoms with Crippen LogP contribution in [0, 0.1) is 18.8 Å². The van der Waals surface area contributed by atoms with Gasteiger partial charge in [-0.3, -0.25) is 9.59 Å². The van der Waals surface area contributed by atoms with Gasteiger partial charge in [-0.15, -0.1) is 0 Å². The van der Waals surface area contributed by atoms with Crippen molar-refractivity contribution in [3.8, 4) is 0 Å². The normalized spacial score (nSPS) is 16.7. The first-order valence-corrected chi connectivity index (χ1v) is 9.78. The van der Waals surface area contributed by atoms with Gasteiger partial charge in [0.1, 0.15) is 6.54 Å². The predicted octanol–water partition coefficient (Wildman–Crippen LogP) is 3.31. The van der Waals surface area contributed by atoms with Crippen molar-refractivity contribution in [1.82, 2.24) is 4.98 Å². The summed E-state index contributed by atoms with van der Waals surface area (Å²) in [6.07, 6.45) is -2.02. The number of anilines is 2. The molecule has 0 saturated heterocycles. The number of hydrogen-bond donors (Lipinski definition) is 3. The molecule has 2 heterocycles. The smallest absolute Gasteiger partial charge is 0.405 e. The van der Waals surface area contributed by atoms with E-state index in [0.29, 0.717) is 0 Å². The fourth-order valence-electron chi connectivity index (χ4n) is 3.47. The highest BCUT2D eigenvalue weighted by Crippen LogP contribution is 2.37. The lowest BCUT2D eigenvalue weighted by molar-refractivity contribution is -0.137. The van der Waals surface area contributed by atoms with Gasteiger partial charge in [0.2, 0.25) is 17.8 Å². The molecule has 11 heteroatoms. The zero-order valence-electron chi connectivity index (χ0n) is 17.7. The number of fused-ring (bicyclic) bond motifs is 1. The number of hydrogen-bond acceptors (Lipinski definition) is 5. The van der Waals surface area contributed by atoms with Gasteiger partial charge < -0.3 is 21.7 Å². The molecule has 0 aliphatic carbocycles. The first-order chi connectivity index (χ1) is 15.4. The summed E-state index contributed by atoms with van der Waals surface area (Å²) in [5.41, 5.74) is 11.3. The molecule has 3 rings (SSSR count). The van der Waals surface area contributed by atoms with E-state index in [-0.39, 0.29) is 33.9 Å². The summed E-state index contributed by atoms with van der Waals surface area (Å²) in [4.78, 5) is 30.7. The maximum absolute atomic E-state index is 14.9. The van der Waals surface area contributed by atoms with Gasteiger partial charge in [0.05, 0.1) is 22.7 Å². The van der Waals surface area contributed by atoms with E-state index in [1.54, 1.807) is 0 Å². The number of aryl methyl sites for hydroxylation is 1. The third-order valence-corrected chi connectivity index (χ3v) is 5.12. The molecule has 5 N–H and O–H groups in total. The summed E-state index contributed by atoms with van der Waals surface area (Å²) in [7, 11) is 0. The number of nitrogens with one attached hydrogen (secondary N) is 1. The average molecular weight is 463 g/mol. The predicted molar refractivity (Wildman–Crippen MR) is 115 cm³/mol. The molecule has 1 aromatic carbocycles. The largest absolute Gasteiger partial charge is 0.416 e. The Morgan fingerprint density at radius 3 is 2.48 bits per heavy atom. The second-order valence-corrected chi connectivity index (χ2v) is 7.45. The van der Waals surface area contributed by atoms with E-state index in [1.165, 1.54) is 26.0 Å². The number of benzene rings is 1. The highest BCUT2D eigenvalue weighted by molar-refractivity contribution is 6.08. The fraction of sp³-hybridized carbons (Fsp3) is 0.227. The zero-order valence-corrected chi connectivity index (χ0v) is 17.7. The molecule has 1 aliphatic heterocycles. The van der Waals surface area contributed by atoms with E-state index in [2.05, 4.69) is 10.3 Å². The molecular formula is C22H21F4N5O2. The maximum atomic E-state index is 14.9. The third kappa shape index (κ3) is 4.81. The summed E-state index contributed by atoms with van der Waals surface area (Å²) >= 11 is 0. The van der Waals surface area contributed by atoms with Crippen molar-refractivity contribution in [3.63, 3.8) is 0 Å². The Labute approximate surface area is 186 Å². The van der Waals surface area contributed by atoms with Crippen LogP contribution in [-0.2, 0) is 15.8 Å². The minimum atomic E-state index is -4.51. The number of nitrogens with zero attached hydrogens (tertiary/aromatic N) is 2. The number of amides is 2. The van der Waals surface area contributed by atoms with Crippen molar-refractivity contribution in [1.29, 1.82) is 0 Å². The Bertz CT molecular complexity index is 1160. The van der Waals surface area contributed by atoms with Gasteiger partial charge in [-0.25, -0.2) is 4.98 Å². The van der Waals surface area contributed by atoms with Gasteiger partial charge in [-0.1, -0.05) is 0 Å². The highest BCUT2D eigenvalue weighted by Gasteiger charge is 2.35. The first-order valence-electron chi connectivity index (χ1n) is 9.78. The fourth-order valence-corrected chi connectivity index (χ4v) is 3.47.